The number of halogens is 2. The SMILES string of the molecule is C=C(F)C(=O)N1CCN(c2nc(OC[C@@H]3CCCN3C)nc3c2CN(C2CCCc4cccc(Cl)c42)C3)C[C@@H]1CC#N. The summed E-state index contributed by atoms with van der Waals surface area (Å²) < 4.78 is 20.0. The largest absolute Gasteiger partial charge is 0.462 e. The lowest BCUT2D eigenvalue weighted by molar-refractivity contribution is -0.131. The summed E-state index contributed by atoms with van der Waals surface area (Å²) in [6, 6.07) is 8.71. The van der Waals surface area contributed by atoms with Crippen molar-refractivity contribution in [1.29, 1.82) is 5.26 Å². The summed E-state index contributed by atoms with van der Waals surface area (Å²) in [5, 5.41) is 10.3. The number of fused-ring (bicyclic) bond motifs is 2. The number of hydrogen-bond acceptors (Lipinski definition) is 8. The molecule has 6 rings (SSSR count). The Labute approximate surface area is 251 Å². The first kappa shape index (κ1) is 28.8. The minimum absolute atomic E-state index is 0.0870. The van der Waals surface area contributed by atoms with Gasteiger partial charge in [0.1, 0.15) is 12.4 Å². The molecule has 1 aromatic heterocycles. The van der Waals surface area contributed by atoms with Crippen molar-refractivity contribution in [3.63, 3.8) is 0 Å². The van der Waals surface area contributed by atoms with E-state index in [-0.39, 0.29) is 19.0 Å². The van der Waals surface area contributed by atoms with Crippen LogP contribution < -0.4 is 9.64 Å². The highest BCUT2D eigenvalue weighted by Gasteiger charge is 2.38. The third kappa shape index (κ3) is 5.58. The summed E-state index contributed by atoms with van der Waals surface area (Å²) in [6.45, 7) is 7.15. The smallest absolute Gasteiger partial charge is 0.318 e. The van der Waals surface area contributed by atoms with Crippen LogP contribution in [0.1, 0.15) is 60.5 Å². The molecule has 11 heteroatoms. The predicted molar refractivity (Wildman–Crippen MR) is 158 cm³/mol. The predicted octanol–water partition coefficient (Wildman–Crippen LogP) is 4.41. The zero-order valence-electron chi connectivity index (χ0n) is 24.1. The lowest BCUT2D eigenvalue weighted by atomic mass is 9.87. The Hall–Kier alpha value is -3.26. The van der Waals surface area contributed by atoms with Crippen LogP contribution in [0, 0.1) is 11.3 Å². The van der Waals surface area contributed by atoms with Gasteiger partial charge in [0.05, 0.1) is 24.2 Å². The fourth-order valence-electron chi connectivity index (χ4n) is 7.07. The van der Waals surface area contributed by atoms with Crippen LogP contribution in [0.4, 0.5) is 10.2 Å². The van der Waals surface area contributed by atoms with Crippen molar-refractivity contribution in [1.82, 2.24) is 24.7 Å². The fraction of sp³-hybridized carbons (Fsp3) is 0.548. The van der Waals surface area contributed by atoms with E-state index in [0.717, 1.165) is 60.7 Å². The van der Waals surface area contributed by atoms with E-state index in [1.165, 1.54) is 16.0 Å². The second-order valence-electron chi connectivity index (χ2n) is 11.8. The maximum Gasteiger partial charge on any atom is 0.318 e. The minimum Gasteiger partial charge on any atom is -0.462 e. The summed E-state index contributed by atoms with van der Waals surface area (Å²) in [4.78, 5) is 30.6. The number of piperazine rings is 1. The molecule has 0 saturated carbocycles. The Balaban J connectivity index is 1.31. The molecule has 9 nitrogen and oxygen atoms in total. The van der Waals surface area contributed by atoms with Crippen molar-refractivity contribution < 1.29 is 13.9 Å². The molecule has 2 saturated heterocycles. The normalized spacial score (nSPS) is 24.3. The first-order chi connectivity index (χ1) is 20.3. The van der Waals surface area contributed by atoms with Crippen molar-refractivity contribution >= 4 is 23.3 Å². The Morgan fingerprint density at radius 3 is 2.81 bits per heavy atom. The molecular weight excluding hydrogens is 557 g/mol. The maximum atomic E-state index is 13.8. The first-order valence-electron chi connectivity index (χ1n) is 14.9. The van der Waals surface area contributed by atoms with Gasteiger partial charge in [-0.15, -0.1) is 0 Å². The molecule has 4 heterocycles. The van der Waals surface area contributed by atoms with Crippen LogP contribution in [0.5, 0.6) is 6.01 Å². The van der Waals surface area contributed by atoms with Gasteiger partial charge >= 0.3 is 6.01 Å². The lowest BCUT2D eigenvalue weighted by Crippen LogP contribution is -2.55. The number of rotatable bonds is 7. The molecule has 1 aromatic carbocycles. The molecule has 0 bridgehead atoms. The molecule has 222 valence electrons. The van der Waals surface area contributed by atoms with E-state index in [2.05, 4.69) is 40.5 Å². The van der Waals surface area contributed by atoms with Crippen molar-refractivity contribution in [2.75, 3.05) is 44.7 Å². The van der Waals surface area contributed by atoms with Gasteiger partial charge in [-0.25, -0.2) is 4.39 Å². The van der Waals surface area contributed by atoms with E-state index in [0.29, 0.717) is 44.8 Å². The average Bonchev–Trinajstić information content (AvgIpc) is 3.61. The number of likely N-dealkylation sites (tertiary alicyclic amines) is 1. The number of amides is 1. The molecule has 1 unspecified atom stereocenters. The quantitative estimate of drug-likeness (QED) is 0.436. The van der Waals surface area contributed by atoms with E-state index in [1.54, 1.807) is 0 Å². The maximum absolute atomic E-state index is 13.8. The molecular formula is C31H37ClFN7O2. The van der Waals surface area contributed by atoms with Gasteiger partial charge in [-0.1, -0.05) is 30.3 Å². The summed E-state index contributed by atoms with van der Waals surface area (Å²) in [5.41, 5.74) is 4.48. The molecule has 0 spiro atoms. The third-order valence-corrected chi connectivity index (χ3v) is 9.61. The van der Waals surface area contributed by atoms with Crippen LogP contribution in [-0.4, -0.2) is 82.5 Å². The van der Waals surface area contributed by atoms with Gasteiger partial charge in [0.15, 0.2) is 5.83 Å². The number of carbonyl (C=O) groups excluding carboxylic acids is 1. The number of aryl methyl sites for hydroxylation is 1. The number of benzene rings is 1. The molecule has 2 aromatic rings. The van der Waals surface area contributed by atoms with Gasteiger partial charge in [0.25, 0.3) is 5.91 Å². The van der Waals surface area contributed by atoms with Crippen LogP contribution in [0.25, 0.3) is 0 Å². The van der Waals surface area contributed by atoms with E-state index < -0.39 is 17.8 Å². The zero-order valence-corrected chi connectivity index (χ0v) is 24.8. The summed E-state index contributed by atoms with van der Waals surface area (Å²) in [7, 11) is 2.11. The molecule has 3 atom stereocenters. The number of likely N-dealkylation sites (N-methyl/N-ethyl adjacent to an activating group) is 1. The molecule has 2 fully saturated rings. The van der Waals surface area contributed by atoms with Crippen LogP contribution >= 0.6 is 11.6 Å². The van der Waals surface area contributed by atoms with E-state index in [9.17, 15) is 14.4 Å². The number of nitriles is 1. The molecule has 4 aliphatic rings. The Morgan fingerprint density at radius 1 is 1.19 bits per heavy atom. The summed E-state index contributed by atoms with van der Waals surface area (Å²) in [6.07, 6.45) is 5.46. The number of aromatic nitrogens is 2. The molecule has 1 aliphatic carbocycles. The number of anilines is 1. The monoisotopic (exact) mass is 593 g/mol. The zero-order chi connectivity index (χ0) is 29.4. The van der Waals surface area contributed by atoms with Crippen LogP contribution in [0.2, 0.25) is 5.02 Å². The fourth-order valence-corrected chi connectivity index (χ4v) is 7.39. The van der Waals surface area contributed by atoms with E-state index >= 15 is 0 Å². The molecule has 1 amide bonds. The third-order valence-electron chi connectivity index (χ3n) is 9.28. The van der Waals surface area contributed by atoms with Crippen molar-refractivity contribution in [2.24, 2.45) is 0 Å². The molecule has 3 aliphatic heterocycles. The second kappa shape index (κ2) is 12.2. The van der Waals surface area contributed by atoms with Crippen molar-refractivity contribution in [3.8, 4) is 12.1 Å². The van der Waals surface area contributed by atoms with Crippen LogP contribution in [0.15, 0.2) is 30.6 Å². The average molecular weight is 594 g/mol. The van der Waals surface area contributed by atoms with Gasteiger partial charge in [-0.3, -0.25) is 9.69 Å². The van der Waals surface area contributed by atoms with Gasteiger partial charge in [0, 0.05) is 55.4 Å². The van der Waals surface area contributed by atoms with Gasteiger partial charge < -0.3 is 19.4 Å². The van der Waals surface area contributed by atoms with E-state index in [1.807, 2.05) is 12.1 Å². The lowest BCUT2D eigenvalue weighted by Gasteiger charge is -2.41. The topological polar surface area (TPSA) is 88.8 Å². The van der Waals surface area contributed by atoms with Crippen LogP contribution in [-0.2, 0) is 24.3 Å². The number of carbonyl (C=O) groups is 1. The summed E-state index contributed by atoms with van der Waals surface area (Å²) >= 11 is 6.75. The summed E-state index contributed by atoms with van der Waals surface area (Å²) in [5.74, 6) is -1.00. The Bertz CT molecular complexity index is 1410. The Kier molecular flexibility index (Phi) is 8.35. The van der Waals surface area contributed by atoms with Crippen molar-refractivity contribution in [2.45, 2.75) is 69.7 Å². The standard InChI is InChI=1S/C31H37ClFN7O2/c1-20(33)30(41)40-15-14-38(16-22(40)11-12-34)29-24-17-39(27-10-4-7-21-6-3-9-25(32)28(21)27)18-26(24)35-31(36-29)42-19-23-8-5-13-37(23)2/h3,6,9,22-23,27H,1,4-5,7-8,10-11,13-19H2,2H3/t22-,23-,27?/m0/s1. The highest BCUT2D eigenvalue weighted by Crippen LogP contribution is 2.43. The van der Waals surface area contributed by atoms with Crippen molar-refractivity contribution in [3.05, 3.63) is 58.0 Å². The van der Waals surface area contributed by atoms with Gasteiger partial charge in [-0.2, -0.15) is 15.2 Å². The van der Waals surface area contributed by atoms with Gasteiger partial charge in [0.2, 0.25) is 0 Å². The minimum atomic E-state index is -1.01. The number of hydrogen-bond donors (Lipinski definition) is 0. The van der Waals surface area contributed by atoms with Gasteiger partial charge in [-0.05, 0) is 62.9 Å². The second-order valence-corrected chi connectivity index (χ2v) is 12.2. The first-order valence-corrected chi connectivity index (χ1v) is 15.2. The molecule has 0 N–H and O–H groups in total. The number of nitrogens with zero attached hydrogens (tertiary/aromatic N) is 7. The number of ether oxygens (including phenoxy) is 1. The highest BCUT2D eigenvalue weighted by atomic mass is 35.5. The van der Waals surface area contributed by atoms with Crippen LogP contribution in [0.3, 0.4) is 0 Å². The highest BCUT2D eigenvalue weighted by molar-refractivity contribution is 6.31. The Morgan fingerprint density at radius 2 is 2.05 bits per heavy atom. The molecule has 0 radical (unpaired) electrons. The van der Waals surface area contributed by atoms with E-state index in [4.69, 9.17) is 26.3 Å². The molecule has 42 heavy (non-hydrogen) atoms.